The number of benzene rings is 2. The maximum Gasteiger partial charge on any atom is 0.248 e. The molecule has 7 nitrogen and oxygen atoms in total. The van der Waals surface area contributed by atoms with Gasteiger partial charge in [0.2, 0.25) is 15.9 Å². The minimum Gasteiger partial charge on any atom is -0.360 e. The molecule has 174 valence electrons. The first-order valence-corrected chi connectivity index (χ1v) is 12.5. The van der Waals surface area contributed by atoms with Gasteiger partial charge in [-0.25, -0.2) is 8.42 Å². The quantitative estimate of drug-likeness (QED) is 0.547. The van der Waals surface area contributed by atoms with Gasteiger partial charge in [0.15, 0.2) is 5.76 Å². The van der Waals surface area contributed by atoms with Crippen LogP contribution in [0, 0.1) is 19.8 Å². The third-order valence-corrected chi connectivity index (χ3v) is 8.37. The Bertz CT molecular complexity index is 1190. The molecule has 0 bridgehead atoms. The Morgan fingerprint density at radius 1 is 1.03 bits per heavy atom. The number of carbonyl (C=O) groups is 1. The predicted molar refractivity (Wildman–Crippen MR) is 126 cm³/mol. The molecular weight excluding hydrogens is 438 g/mol. The van der Waals surface area contributed by atoms with Gasteiger partial charge in [-0.05, 0) is 43.4 Å². The molecule has 33 heavy (non-hydrogen) atoms. The molecule has 0 unspecified atom stereocenters. The average molecular weight is 468 g/mol. The first kappa shape index (κ1) is 23.2. The van der Waals surface area contributed by atoms with E-state index in [9.17, 15) is 13.2 Å². The average Bonchev–Trinajstić information content (AvgIpc) is 3.18. The fraction of sp³-hybridized carbons (Fsp3) is 0.360. The Labute approximate surface area is 195 Å². The van der Waals surface area contributed by atoms with Crippen molar-refractivity contribution in [1.29, 1.82) is 0 Å². The van der Waals surface area contributed by atoms with Gasteiger partial charge in [-0.2, -0.15) is 4.31 Å². The van der Waals surface area contributed by atoms with E-state index < -0.39 is 10.0 Å². The lowest BCUT2D eigenvalue weighted by Crippen LogP contribution is -2.43. The summed E-state index contributed by atoms with van der Waals surface area (Å²) in [6, 6.07) is 18.4. The van der Waals surface area contributed by atoms with Crippen LogP contribution in [0.15, 0.2) is 64.0 Å². The summed E-state index contributed by atoms with van der Waals surface area (Å²) < 4.78 is 32.5. The second kappa shape index (κ2) is 9.49. The second-order valence-electron chi connectivity index (χ2n) is 8.59. The molecule has 1 aliphatic rings. The van der Waals surface area contributed by atoms with Gasteiger partial charge in [0, 0.05) is 32.6 Å². The molecule has 8 heteroatoms. The minimum absolute atomic E-state index is 0.0523. The van der Waals surface area contributed by atoms with Crippen molar-refractivity contribution in [2.24, 2.45) is 5.92 Å². The van der Waals surface area contributed by atoms with Crippen molar-refractivity contribution in [3.63, 3.8) is 0 Å². The van der Waals surface area contributed by atoms with Crippen LogP contribution in [-0.4, -0.2) is 48.8 Å². The lowest BCUT2D eigenvalue weighted by molar-refractivity contribution is -0.135. The molecule has 1 saturated heterocycles. The number of rotatable bonds is 6. The van der Waals surface area contributed by atoms with Gasteiger partial charge < -0.3 is 9.42 Å². The number of hydrogen-bond acceptors (Lipinski definition) is 5. The number of hydrogen-bond donors (Lipinski definition) is 0. The van der Waals surface area contributed by atoms with Crippen LogP contribution >= 0.6 is 0 Å². The van der Waals surface area contributed by atoms with E-state index in [0.717, 1.165) is 16.7 Å². The molecule has 2 aromatic carbocycles. The molecular formula is C25H29N3O4S. The Kier molecular flexibility index (Phi) is 6.67. The van der Waals surface area contributed by atoms with Crippen molar-refractivity contribution in [2.75, 3.05) is 20.1 Å². The summed E-state index contributed by atoms with van der Waals surface area (Å²) in [6.07, 6.45) is 0.997. The molecule has 1 aromatic heterocycles. The Balaban J connectivity index is 1.35. The van der Waals surface area contributed by atoms with Crippen LogP contribution in [0.3, 0.4) is 0 Å². The monoisotopic (exact) mass is 467 g/mol. The van der Waals surface area contributed by atoms with Gasteiger partial charge >= 0.3 is 0 Å². The van der Waals surface area contributed by atoms with E-state index in [4.69, 9.17) is 4.52 Å². The number of carbonyl (C=O) groups excluding carboxylic acids is 1. The lowest BCUT2D eigenvalue weighted by Gasteiger charge is -2.32. The largest absolute Gasteiger partial charge is 0.360 e. The Morgan fingerprint density at radius 3 is 2.21 bits per heavy atom. The summed E-state index contributed by atoms with van der Waals surface area (Å²) >= 11 is 0. The van der Waals surface area contributed by atoms with Crippen molar-refractivity contribution < 1.29 is 17.7 Å². The smallest absolute Gasteiger partial charge is 0.248 e. The summed E-state index contributed by atoms with van der Waals surface area (Å²) in [5.74, 6) is 0.162. The molecule has 0 saturated carbocycles. The first-order chi connectivity index (χ1) is 15.8. The van der Waals surface area contributed by atoms with Crippen LogP contribution in [0.25, 0.3) is 11.1 Å². The maximum atomic E-state index is 13.0. The maximum absolute atomic E-state index is 13.0. The normalized spacial score (nSPS) is 15.5. The zero-order valence-electron chi connectivity index (χ0n) is 19.2. The van der Waals surface area contributed by atoms with Gasteiger partial charge in [0.05, 0.1) is 0 Å². The van der Waals surface area contributed by atoms with Gasteiger partial charge in [0.1, 0.15) is 10.6 Å². The highest BCUT2D eigenvalue weighted by molar-refractivity contribution is 7.89. The van der Waals surface area contributed by atoms with E-state index in [1.807, 2.05) is 30.3 Å². The standard InChI is InChI=1S/C25H29N3O4S/c1-18-24(19(2)32-26-18)33(30,31)28-15-13-23(14-16-28)25(29)27(3)17-20-9-11-22(12-10-20)21-7-5-4-6-8-21/h4-12,23H,13-17H2,1-3H3. The van der Waals surface area contributed by atoms with E-state index in [2.05, 4.69) is 29.4 Å². The Morgan fingerprint density at radius 2 is 1.64 bits per heavy atom. The van der Waals surface area contributed by atoms with Crippen LogP contribution < -0.4 is 0 Å². The summed E-state index contributed by atoms with van der Waals surface area (Å²) in [7, 11) is -1.87. The number of nitrogens with zero attached hydrogens (tertiary/aromatic N) is 3. The number of sulfonamides is 1. The predicted octanol–water partition coefficient (Wildman–Crippen LogP) is 4.02. The molecule has 1 amide bonds. The summed E-state index contributed by atoms with van der Waals surface area (Å²) in [4.78, 5) is 14.9. The first-order valence-electron chi connectivity index (χ1n) is 11.1. The van der Waals surface area contributed by atoms with Crippen molar-refractivity contribution in [3.05, 3.63) is 71.6 Å². The van der Waals surface area contributed by atoms with Gasteiger partial charge in [-0.3, -0.25) is 4.79 Å². The Hall–Kier alpha value is -2.97. The number of piperidine rings is 1. The molecule has 0 N–H and O–H groups in total. The third kappa shape index (κ3) is 4.86. The molecule has 2 heterocycles. The molecule has 0 spiro atoms. The number of amides is 1. The van der Waals surface area contributed by atoms with Crippen molar-refractivity contribution in [1.82, 2.24) is 14.4 Å². The van der Waals surface area contributed by atoms with E-state index in [1.165, 1.54) is 4.31 Å². The number of aryl methyl sites for hydroxylation is 2. The van der Waals surface area contributed by atoms with Gasteiger partial charge in [-0.15, -0.1) is 0 Å². The van der Waals surface area contributed by atoms with Gasteiger partial charge in [-0.1, -0.05) is 59.8 Å². The van der Waals surface area contributed by atoms with Crippen LogP contribution in [0.1, 0.15) is 29.9 Å². The topological polar surface area (TPSA) is 83.7 Å². The molecule has 3 aromatic rings. The lowest BCUT2D eigenvalue weighted by atomic mass is 9.96. The van der Waals surface area contributed by atoms with Crippen LogP contribution in [-0.2, 0) is 21.4 Å². The van der Waals surface area contributed by atoms with Crippen molar-refractivity contribution in [2.45, 2.75) is 38.1 Å². The van der Waals surface area contributed by atoms with E-state index in [0.29, 0.717) is 43.9 Å². The van der Waals surface area contributed by atoms with Crippen molar-refractivity contribution >= 4 is 15.9 Å². The highest BCUT2D eigenvalue weighted by Crippen LogP contribution is 2.28. The van der Waals surface area contributed by atoms with Crippen molar-refractivity contribution in [3.8, 4) is 11.1 Å². The molecule has 0 atom stereocenters. The van der Waals surface area contributed by atoms with Gasteiger partial charge in [0.25, 0.3) is 0 Å². The van der Waals surface area contributed by atoms with Crippen LogP contribution in [0.5, 0.6) is 0 Å². The fourth-order valence-corrected chi connectivity index (χ4v) is 6.17. The molecule has 1 fully saturated rings. The van der Waals surface area contributed by atoms with Crippen LogP contribution in [0.2, 0.25) is 0 Å². The van der Waals surface area contributed by atoms with E-state index >= 15 is 0 Å². The second-order valence-corrected chi connectivity index (χ2v) is 10.5. The fourth-order valence-electron chi connectivity index (χ4n) is 4.41. The highest BCUT2D eigenvalue weighted by atomic mass is 32.2. The van der Waals surface area contributed by atoms with E-state index in [1.54, 1.807) is 25.8 Å². The molecule has 1 aliphatic heterocycles. The molecule has 0 radical (unpaired) electrons. The molecule has 0 aliphatic carbocycles. The summed E-state index contributed by atoms with van der Waals surface area (Å²) in [5.41, 5.74) is 3.72. The zero-order chi connectivity index (χ0) is 23.6. The highest BCUT2D eigenvalue weighted by Gasteiger charge is 2.36. The van der Waals surface area contributed by atoms with E-state index in [-0.39, 0.29) is 16.7 Å². The minimum atomic E-state index is -3.67. The molecule has 4 rings (SSSR count). The third-order valence-electron chi connectivity index (χ3n) is 6.23. The zero-order valence-corrected chi connectivity index (χ0v) is 20.0. The summed E-state index contributed by atoms with van der Waals surface area (Å²) in [6.45, 7) is 4.36. The summed E-state index contributed by atoms with van der Waals surface area (Å²) in [5, 5.41) is 3.76. The SMILES string of the molecule is Cc1noc(C)c1S(=O)(=O)N1CCC(C(=O)N(C)Cc2ccc(-c3ccccc3)cc2)CC1. The number of aromatic nitrogens is 1. The van der Waals surface area contributed by atoms with Crippen LogP contribution in [0.4, 0.5) is 0 Å².